The quantitative estimate of drug-likeness (QED) is 0.877. The SMILES string of the molecule is O=C(Nc1nnc(C2CCCNC2)s1)c1cnccn1. The number of piperidine rings is 1. The standard InChI is InChI=1S/C12H14N6OS/c19-10(9-7-14-4-5-15-9)16-12-18-17-11(20-12)8-2-1-3-13-6-8/h4-5,7-8,13H,1-3,6H2,(H,16,18,19). The minimum absolute atomic E-state index is 0.267. The van der Waals surface area contributed by atoms with Crippen molar-refractivity contribution in [1.82, 2.24) is 25.5 Å². The van der Waals surface area contributed by atoms with Crippen LogP contribution in [0.5, 0.6) is 0 Å². The highest BCUT2D eigenvalue weighted by Crippen LogP contribution is 2.28. The van der Waals surface area contributed by atoms with Crippen molar-refractivity contribution in [2.75, 3.05) is 18.4 Å². The molecule has 1 atom stereocenters. The van der Waals surface area contributed by atoms with Gasteiger partial charge in [-0.25, -0.2) is 4.98 Å². The minimum Gasteiger partial charge on any atom is -0.316 e. The Balaban J connectivity index is 1.66. The molecular formula is C12H14N6OS. The topological polar surface area (TPSA) is 92.7 Å². The minimum atomic E-state index is -0.317. The lowest BCUT2D eigenvalue weighted by atomic mass is 10.0. The van der Waals surface area contributed by atoms with Crippen LogP contribution in [0, 0.1) is 0 Å². The monoisotopic (exact) mass is 290 g/mol. The van der Waals surface area contributed by atoms with E-state index in [2.05, 4.69) is 30.8 Å². The van der Waals surface area contributed by atoms with Crippen molar-refractivity contribution >= 4 is 22.4 Å². The number of rotatable bonds is 3. The van der Waals surface area contributed by atoms with Crippen LogP contribution < -0.4 is 10.6 Å². The molecule has 3 rings (SSSR count). The molecule has 2 N–H and O–H groups in total. The molecule has 1 aliphatic rings. The molecule has 1 fully saturated rings. The molecule has 1 aliphatic heterocycles. The summed E-state index contributed by atoms with van der Waals surface area (Å²) in [6, 6.07) is 0. The molecule has 1 unspecified atom stereocenters. The van der Waals surface area contributed by atoms with Crippen LogP contribution in [0.3, 0.4) is 0 Å². The molecule has 1 amide bonds. The normalized spacial score (nSPS) is 18.7. The van der Waals surface area contributed by atoms with Crippen molar-refractivity contribution < 1.29 is 4.79 Å². The molecule has 0 bridgehead atoms. The summed E-state index contributed by atoms with van der Waals surface area (Å²) >= 11 is 1.42. The fourth-order valence-electron chi connectivity index (χ4n) is 2.09. The maximum absolute atomic E-state index is 11.9. The van der Waals surface area contributed by atoms with Crippen LogP contribution in [0.4, 0.5) is 5.13 Å². The number of aromatic nitrogens is 4. The Morgan fingerprint density at radius 2 is 2.35 bits per heavy atom. The first kappa shape index (κ1) is 13.1. The van der Waals surface area contributed by atoms with Crippen molar-refractivity contribution in [3.63, 3.8) is 0 Å². The summed E-state index contributed by atoms with van der Waals surface area (Å²) in [5.41, 5.74) is 0.267. The fraction of sp³-hybridized carbons (Fsp3) is 0.417. The summed E-state index contributed by atoms with van der Waals surface area (Å²) in [6.07, 6.45) is 6.68. The summed E-state index contributed by atoms with van der Waals surface area (Å²) in [4.78, 5) is 19.7. The molecule has 2 aromatic rings. The van der Waals surface area contributed by atoms with Crippen LogP contribution in [0.1, 0.15) is 34.3 Å². The highest BCUT2D eigenvalue weighted by atomic mass is 32.1. The number of hydrogen-bond donors (Lipinski definition) is 2. The molecule has 0 aliphatic carbocycles. The van der Waals surface area contributed by atoms with Gasteiger partial charge in [0.2, 0.25) is 5.13 Å². The number of carbonyl (C=O) groups excluding carboxylic acids is 1. The van der Waals surface area contributed by atoms with E-state index in [1.807, 2.05) is 0 Å². The molecular weight excluding hydrogens is 276 g/mol. The van der Waals surface area contributed by atoms with Gasteiger partial charge in [-0.15, -0.1) is 10.2 Å². The highest BCUT2D eigenvalue weighted by Gasteiger charge is 2.20. The average Bonchev–Trinajstić information content (AvgIpc) is 2.97. The van der Waals surface area contributed by atoms with Gasteiger partial charge >= 0.3 is 0 Å². The van der Waals surface area contributed by atoms with Gasteiger partial charge in [0, 0.05) is 24.9 Å². The largest absolute Gasteiger partial charge is 0.316 e. The van der Waals surface area contributed by atoms with Gasteiger partial charge in [-0.1, -0.05) is 11.3 Å². The van der Waals surface area contributed by atoms with Crippen molar-refractivity contribution in [2.24, 2.45) is 0 Å². The van der Waals surface area contributed by atoms with E-state index >= 15 is 0 Å². The Bertz CT molecular complexity index is 581. The molecule has 104 valence electrons. The number of carbonyl (C=O) groups is 1. The summed E-state index contributed by atoms with van der Waals surface area (Å²) in [5.74, 6) is 0.0750. The zero-order valence-corrected chi connectivity index (χ0v) is 11.6. The third-order valence-corrected chi connectivity index (χ3v) is 4.10. The van der Waals surface area contributed by atoms with Crippen LogP contribution in [-0.2, 0) is 0 Å². The third kappa shape index (κ3) is 2.97. The molecule has 0 radical (unpaired) electrons. The van der Waals surface area contributed by atoms with E-state index in [1.54, 1.807) is 0 Å². The third-order valence-electron chi connectivity index (χ3n) is 3.10. The summed E-state index contributed by atoms with van der Waals surface area (Å²) in [6.45, 7) is 1.98. The number of hydrogen-bond acceptors (Lipinski definition) is 7. The Morgan fingerprint density at radius 3 is 3.10 bits per heavy atom. The lowest BCUT2D eigenvalue weighted by molar-refractivity contribution is 0.102. The summed E-state index contributed by atoms with van der Waals surface area (Å²) in [5, 5.41) is 15.7. The van der Waals surface area contributed by atoms with E-state index in [-0.39, 0.29) is 11.6 Å². The Morgan fingerprint density at radius 1 is 1.40 bits per heavy atom. The number of nitrogens with zero attached hydrogens (tertiary/aromatic N) is 4. The lowest BCUT2D eigenvalue weighted by Crippen LogP contribution is -2.28. The van der Waals surface area contributed by atoms with Crippen LogP contribution >= 0.6 is 11.3 Å². The van der Waals surface area contributed by atoms with E-state index in [1.165, 1.54) is 29.9 Å². The second kappa shape index (κ2) is 6.02. The van der Waals surface area contributed by atoms with Crippen molar-refractivity contribution in [1.29, 1.82) is 0 Å². The lowest BCUT2D eigenvalue weighted by Gasteiger charge is -2.19. The predicted molar refractivity (Wildman–Crippen MR) is 74.7 cm³/mol. The van der Waals surface area contributed by atoms with E-state index < -0.39 is 0 Å². The van der Waals surface area contributed by atoms with Gasteiger partial charge in [-0.05, 0) is 19.4 Å². The Labute approximate surface area is 119 Å². The number of amides is 1. The molecule has 1 saturated heterocycles. The number of anilines is 1. The molecule has 8 heteroatoms. The second-order valence-electron chi connectivity index (χ2n) is 4.53. The van der Waals surface area contributed by atoms with Gasteiger partial charge in [-0.3, -0.25) is 15.1 Å². The van der Waals surface area contributed by atoms with E-state index in [4.69, 9.17) is 0 Å². The van der Waals surface area contributed by atoms with Crippen molar-refractivity contribution in [3.05, 3.63) is 29.3 Å². The molecule has 0 aromatic carbocycles. The maximum Gasteiger partial charge on any atom is 0.277 e. The van der Waals surface area contributed by atoms with Crippen LogP contribution in [0.25, 0.3) is 0 Å². The first-order valence-corrected chi connectivity index (χ1v) is 7.26. The molecule has 7 nitrogen and oxygen atoms in total. The Hall–Kier alpha value is -1.93. The highest BCUT2D eigenvalue weighted by molar-refractivity contribution is 7.15. The van der Waals surface area contributed by atoms with Gasteiger partial charge < -0.3 is 5.32 Å². The van der Waals surface area contributed by atoms with Gasteiger partial charge in [-0.2, -0.15) is 0 Å². The first-order chi connectivity index (χ1) is 9.83. The molecule has 2 aromatic heterocycles. The molecule has 3 heterocycles. The van der Waals surface area contributed by atoms with Gasteiger partial charge in [0.05, 0.1) is 6.20 Å². The van der Waals surface area contributed by atoms with Gasteiger partial charge in [0.25, 0.3) is 5.91 Å². The average molecular weight is 290 g/mol. The smallest absolute Gasteiger partial charge is 0.277 e. The predicted octanol–water partition coefficient (Wildman–Crippen LogP) is 1.05. The maximum atomic E-state index is 11.9. The van der Waals surface area contributed by atoms with Crippen LogP contribution in [0.15, 0.2) is 18.6 Å². The van der Waals surface area contributed by atoms with Crippen molar-refractivity contribution in [2.45, 2.75) is 18.8 Å². The van der Waals surface area contributed by atoms with Crippen LogP contribution in [-0.4, -0.2) is 39.2 Å². The van der Waals surface area contributed by atoms with Gasteiger partial charge in [0.1, 0.15) is 10.7 Å². The number of nitrogens with one attached hydrogen (secondary N) is 2. The zero-order valence-electron chi connectivity index (χ0n) is 10.7. The molecule has 0 spiro atoms. The van der Waals surface area contributed by atoms with E-state index in [0.717, 1.165) is 30.9 Å². The van der Waals surface area contributed by atoms with Gasteiger partial charge in [0.15, 0.2) is 0 Å². The zero-order chi connectivity index (χ0) is 13.8. The molecule has 20 heavy (non-hydrogen) atoms. The van der Waals surface area contributed by atoms with E-state index in [9.17, 15) is 4.79 Å². The fourth-order valence-corrected chi connectivity index (χ4v) is 2.96. The second-order valence-corrected chi connectivity index (χ2v) is 5.54. The van der Waals surface area contributed by atoms with Crippen molar-refractivity contribution in [3.8, 4) is 0 Å². The summed E-state index contributed by atoms with van der Waals surface area (Å²) < 4.78 is 0. The van der Waals surface area contributed by atoms with Crippen LogP contribution in [0.2, 0.25) is 0 Å². The first-order valence-electron chi connectivity index (χ1n) is 6.44. The molecule has 0 saturated carbocycles. The van der Waals surface area contributed by atoms with E-state index in [0.29, 0.717) is 11.0 Å². The Kier molecular flexibility index (Phi) is 3.93. The summed E-state index contributed by atoms with van der Waals surface area (Å²) in [7, 11) is 0.